The molecule has 2 rings (SSSR count). The van der Waals surface area contributed by atoms with Crippen molar-refractivity contribution < 1.29 is 4.74 Å². The van der Waals surface area contributed by atoms with Crippen molar-refractivity contribution in [1.29, 1.82) is 0 Å². The highest BCUT2D eigenvalue weighted by molar-refractivity contribution is 5.45. The van der Waals surface area contributed by atoms with Crippen LogP contribution in [-0.2, 0) is 4.74 Å². The fourth-order valence-electron chi connectivity index (χ4n) is 3.03. The number of benzene rings is 1. The summed E-state index contributed by atoms with van der Waals surface area (Å²) in [4.78, 5) is 0. The minimum Gasteiger partial charge on any atom is -0.378 e. The minimum atomic E-state index is 0.103. The van der Waals surface area contributed by atoms with E-state index in [1.807, 2.05) is 0 Å². The van der Waals surface area contributed by atoms with Gasteiger partial charge in [0.2, 0.25) is 0 Å². The standard InChI is InChI=1S/C16H25NO/c1-10-8-11(2)13(4)16(12(10)3)15(17)9-14-6-5-7-18-14/h8,14-15H,5-7,9,17H2,1-4H3. The maximum atomic E-state index is 6.43. The fourth-order valence-corrected chi connectivity index (χ4v) is 3.03. The Hall–Kier alpha value is -0.860. The SMILES string of the molecule is Cc1cc(C)c(C)c(C(N)CC2CCCO2)c1C. The van der Waals surface area contributed by atoms with E-state index in [0.717, 1.165) is 19.4 Å². The number of rotatable bonds is 3. The van der Waals surface area contributed by atoms with Crippen LogP contribution < -0.4 is 5.73 Å². The summed E-state index contributed by atoms with van der Waals surface area (Å²) < 4.78 is 5.71. The first-order valence-corrected chi connectivity index (χ1v) is 6.95. The highest BCUT2D eigenvalue weighted by Gasteiger charge is 2.22. The molecule has 1 aliphatic rings. The molecule has 2 nitrogen and oxygen atoms in total. The molecule has 1 aromatic carbocycles. The van der Waals surface area contributed by atoms with Crippen molar-refractivity contribution in [3.63, 3.8) is 0 Å². The number of ether oxygens (including phenoxy) is 1. The Morgan fingerprint density at radius 1 is 1.22 bits per heavy atom. The lowest BCUT2D eigenvalue weighted by molar-refractivity contribution is 0.0982. The van der Waals surface area contributed by atoms with Crippen molar-refractivity contribution >= 4 is 0 Å². The molecule has 0 radical (unpaired) electrons. The van der Waals surface area contributed by atoms with Crippen molar-refractivity contribution in [1.82, 2.24) is 0 Å². The smallest absolute Gasteiger partial charge is 0.0594 e. The van der Waals surface area contributed by atoms with Gasteiger partial charge in [0.15, 0.2) is 0 Å². The Kier molecular flexibility index (Phi) is 4.08. The Morgan fingerprint density at radius 2 is 1.83 bits per heavy atom. The first-order valence-electron chi connectivity index (χ1n) is 6.95. The molecule has 2 N–H and O–H groups in total. The highest BCUT2D eigenvalue weighted by Crippen LogP contribution is 2.30. The zero-order valence-corrected chi connectivity index (χ0v) is 12.0. The van der Waals surface area contributed by atoms with E-state index in [4.69, 9.17) is 10.5 Å². The third-order valence-electron chi connectivity index (χ3n) is 4.34. The number of aryl methyl sites for hydroxylation is 2. The molecule has 1 saturated heterocycles. The van der Waals surface area contributed by atoms with Crippen LogP contribution in [0.15, 0.2) is 6.07 Å². The quantitative estimate of drug-likeness (QED) is 0.887. The van der Waals surface area contributed by atoms with Crippen LogP contribution in [0.3, 0.4) is 0 Å². The molecular weight excluding hydrogens is 222 g/mol. The molecule has 1 aliphatic heterocycles. The van der Waals surface area contributed by atoms with Crippen LogP contribution in [0.5, 0.6) is 0 Å². The van der Waals surface area contributed by atoms with Crippen molar-refractivity contribution in [3.05, 3.63) is 33.9 Å². The first kappa shape index (κ1) is 13.6. The largest absolute Gasteiger partial charge is 0.378 e. The lowest BCUT2D eigenvalue weighted by atomic mass is 9.88. The monoisotopic (exact) mass is 247 g/mol. The highest BCUT2D eigenvalue weighted by atomic mass is 16.5. The summed E-state index contributed by atoms with van der Waals surface area (Å²) in [6.07, 6.45) is 3.66. The molecule has 2 unspecified atom stereocenters. The van der Waals surface area contributed by atoms with E-state index in [1.54, 1.807) is 0 Å². The van der Waals surface area contributed by atoms with Gasteiger partial charge in [-0.15, -0.1) is 0 Å². The van der Waals surface area contributed by atoms with Crippen molar-refractivity contribution in [2.45, 2.75) is 59.1 Å². The van der Waals surface area contributed by atoms with Gasteiger partial charge < -0.3 is 10.5 Å². The third kappa shape index (κ3) is 2.60. The zero-order valence-electron chi connectivity index (χ0n) is 12.0. The van der Waals surface area contributed by atoms with Gasteiger partial charge >= 0.3 is 0 Å². The van der Waals surface area contributed by atoms with Crippen LogP contribution in [0, 0.1) is 27.7 Å². The van der Waals surface area contributed by atoms with Crippen LogP contribution in [0.1, 0.15) is 53.1 Å². The predicted octanol–water partition coefficient (Wildman–Crippen LogP) is 3.49. The second kappa shape index (κ2) is 5.41. The normalized spacial score (nSPS) is 21.3. The Labute approximate surface area is 111 Å². The molecule has 2 atom stereocenters. The minimum absolute atomic E-state index is 0.103. The Morgan fingerprint density at radius 3 is 2.33 bits per heavy atom. The topological polar surface area (TPSA) is 35.2 Å². The summed E-state index contributed by atoms with van der Waals surface area (Å²) in [6.45, 7) is 9.62. The van der Waals surface area contributed by atoms with Crippen LogP contribution in [0.25, 0.3) is 0 Å². The molecule has 1 heterocycles. The van der Waals surface area contributed by atoms with Gasteiger partial charge in [0.1, 0.15) is 0 Å². The summed E-state index contributed by atoms with van der Waals surface area (Å²) in [5, 5.41) is 0. The Balaban J connectivity index is 2.25. The third-order valence-corrected chi connectivity index (χ3v) is 4.34. The molecule has 1 aromatic rings. The first-order chi connectivity index (χ1) is 8.50. The van der Waals surface area contributed by atoms with E-state index in [2.05, 4.69) is 33.8 Å². The van der Waals surface area contributed by atoms with Crippen LogP contribution in [0.2, 0.25) is 0 Å². The summed E-state index contributed by atoms with van der Waals surface area (Å²) in [6, 6.07) is 2.36. The average Bonchev–Trinajstić information content (AvgIpc) is 2.79. The molecule has 0 bridgehead atoms. The summed E-state index contributed by atoms with van der Waals surface area (Å²) in [5.74, 6) is 0. The van der Waals surface area contributed by atoms with Gasteiger partial charge in [0.25, 0.3) is 0 Å². The van der Waals surface area contributed by atoms with E-state index in [9.17, 15) is 0 Å². The van der Waals surface area contributed by atoms with E-state index in [-0.39, 0.29) is 6.04 Å². The molecule has 0 aromatic heterocycles. The average molecular weight is 247 g/mol. The van der Waals surface area contributed by atoms with E-state index in [0.29, 0.717) is 6.10 Å². The lowest BCUT2D eigenvalue weighted by Crippen LogP contribution is -2.21. The van der Waals surface area contributed by atoms with Gasteiger partial charge in [-0.05, 0) is 74.8 Å². The van der Waals surface area contributed by atoms with Gasteiger partial charge in [0, 0.05) is 12.6 Å². The Bertz CT molecular complexity index is 407. The van der Waals surface area contributed by atoms with Crippen LogP contribution in [0.4, 0.5) is 0 Å². The van der Waals surface area contributed by atoms with Crippen LogP contribution in [-0.4, -0.2) is 12.7 Å². The lowest BCUT2D eigenvalue weighted by Gasteiger charge is -2.23. The predicted molar refractivity (Wildman–Crippen MR) is 75.9 cm³/mol. The van der Waals surface area contributed by atoms with E-state index >= 15 is 0 Å². The van der Waals surface area contributed by atoms with Crippen molar-refractivity contribution in [2.75, 3.05) is 6.61 Å². The zero-order chi connectivity index (χ0) is 13.3. The molecule has 0 amide bonds. The maximum absolute atomic E-state index is 6.43. The molecule has 2 heteroatoms. The van der Waals surface area contributed by atoms with Gasteiger partial charge in [-0.2, -0.15) is 0 Å². The second-order valence-corrected chi connectivity index (χ2v) is 5.65. The van der Waals surface area contributed by atoms with E-state index < -0.39 is 0 Å². The summed E-state index contributed by atoms with van der Waals surface area (Å²) in [5.41, 5.74) is 13.2. The van der Waals surface area contributed by atoms with Gasteiger partial charge in [0.05, 0.1) is 6.10 Å². The second-order valence-electron chi connectivity index (χ2n) is 5.65. The fraction of sp³-hybridized carbons (Fsp3) is 0.625. The van der Waals surface area contributed by atoms with Gasteiger partial charge in [-0.3, -0.25) is 0 Å². The number of hydrogen-bond acceptors (Lipinski definition) is 2. The number of nitrogens with two attached hydrogens (primary N) is 1. The van der Waals surface area contributed by atoms with E-state index in [1.165, 1.54) is 34.2 Å². The molecule has 0 saturated carbocycles. The molecular formula is C16H25NO. The van der Waals surface area contributed by atoms with Gasteiger partial charge in [-0.1, -0.05) is 6.07 Å². The van der Waals surface area contributed by atoms with Gasteiger partial charge in [-0.25, -0.2) is 0 Å². The van der Waals surface area contributed by atoms with Crippen molar-refractivity contribution in [2.24, 2.45) is 5.73 Å². The van der Waals surface area contributed by atoms with Crippen molar-refractivity contribution in [3.8, 4) is 0 Å². The maximum Gasteiger partial charge on any atom is 0.0594 e. The molecule has 0 spiro atoms. The molecule has 100 valence electrons. The molecule has 0 aliphatic carbocycles. The number of hydrogen-bond donors (Lipinski definition) is 1. The molecule has 18 heavy (non-hydrogen) atoms. The van der Waals surface area contributed by atoms with Crippen LogP contribution >= 0.6 is 0 Å². The summed E-state index contributed by atoms with van der Waals surface area (Å²) >= 11 is 0. The molecule has 1 fully saturated rings. The summed E-state index contributed by atoms with van der Waals surface area (Å²) in [7, 11) is 0.